The highest BCUT2D eigenvalue weighted by molar-refractivity contribution is 4.89. The maximum atomic E-state index is 9.32. The molecule has 0 aromatic heterocycles. The minimum Gasteiger partial charge on any atom is -0.388 e. The number of azide groups is 1. The highest BCUT2D eigenvalue weighted by Crippen LogP contribution is 2.19. The van der Waals surface area contributed by atoms with Crippen molar-refractivity contribution in [3.63, 3.8) is 0 Å². The Labute approximate surface area is 79.0 Å². The monoisotopic (exact) mass is 205 g/mol. The summed E-state index contributed by atoms with van der Waals surface area (Å²) in [7, 11) is 0. The van der Waals surface area contributed by atoms with Crippen LogP contribution in [0.4, 0.5) is 0 Å². The topological polar surface area (TPSA) is 139 Å². The first-order valence-electron chi connectivity index (χ1n) is 3.96. The second-order valence-electron chi connectivity index (χ2n) is 2.95. The van der Waals surface area contributed by atoms with Gasteiger partial charge in [-0.05, 0) is 5.53 Å². The quantitative estimate of drug-likeness (QED) is 0.237. The predicted octanol–water partition coefficient (Wildman–Crippen LogP) is -1.90. The van der Waals surface area contributed by atoms with E-state index < -0.39 is 30.7 Å². The van der Waals surface area contributed by atoms with Gasteiger partial charge in [-0.25, -0.2) is 0 Å². The van der Waals surface area contributed by atoms with Gasteiger partial charge >= 0.3 is 0 Å². The van der Waals surface area contributed by atoms with Crippen molar-refractivity contribution >= 4 is 0 Å². The summed E-state index contributed by atoms with van der Waals surface area (Å²) in [6.45, 7) is -0.224. The Morgan fingerprint density at radius 3 is 2.36 bits per heavy atom. The van der Waals surface area contributed by atoms with Crippen LogP contribution in [-0.2, 0) is 4.74 Å². The number of rotatable bonds is 2. The van der Waals surface area contributed by atoms with E-state index in [1.807, 2.05) is 0 Å². The van der Waals surface area contributed by atoms with Crippen molar-refractivity contribution in [2.24, 2.45) is 5.11 Å². The average Bonchev–Trinajstić information content (AvgIpc) is 2.18. The van der Waals surface area contributed by atoms with Gasteiger partial charge in [0.05, 0.1) is 12.6 Å². The fourth-order valence-electron chi connectivity index (χ4n) is 1.20. The Hall–Kier alpha value is -0.890. The molecule has 0 amide bonds. The molecule has 3 unspecified atom stereocenters. The van der Waals surface area contributed by atoms with Crippen LogP contribution in [-0.4, -0.2) is 57.7 Å². The van der Waals surface area contributed by atoms with E-state index in [-0.39, 0.29) is 6.54 Å². The lowest BCUT2D eigenvalue weighted by Crippen LogP contribution is -2.58. The van der Waals surface area contributed by atoms with E-state index in [4.69, 9.17) is 20.5 Å². The van der Waals surface area contributed by atoms with E-state index in [9.17, 15) is 10.2 Å². The zero-order valence-electron chi connectivity index (χ0n) is 7.13. The summed E-state index contributed by atoms with van der Waals surface area (Å²) >= 11 is 0. The summed E-state index contributed by atoms with van der Waals surface area (Å²) in [4.78, 5) is 2.44. The first kappa shape index (κ1) is 11.2. The Morgan fingerprint density at radius 1 is 1.14 bits per heavy atom. The Kier molecular flexibility index (Phi) is 3.64. The minimum atomic E-state index is -1.59. The normalized spacial score (nSPS) is 43.0. The Morgan fingerprint density at radius 2 is 1.79 bits per heavy atom. The molecule has 0 saturated carbocycles. The van der Waals surface area contributed by atoms with E-state index in [1.54, 1.807) is 0 Å². The van der Waals surface area contributed by atoms with Crippen molar-refractivity contribution in [2.75, 3.05) is 6.54 Å². The summed E-state index contributed by atoms with van der Waals surface area (Å²) in [5, 5.41) is 39.8. The van der Waals surface area contributed by atoms with Gasteiger partial charge in [-0.2, -0.15) is 0 Å². The van der Waals surface area contributed by atoms with E-state index in [1.165, 1.54) is 0 Å². The van der Waals surface area contributed by atoms with Gasteiger partial charge in [0.2, 0.25) is 0 Å². The third kappa shape index (κ3) is 2.13. The van der Waals surface area contributed by atoms with Crippen LogP contribution in [0, 0.1) is 0 Å². The third-order valence-corrected chi connectivity index (χ3v) is 2.01. The van der Waals surface area contributed by atoms with Crippen molar-refractivity contribution in [3.8, 4) is 0 Å². The number of nitrogens with zero attached hydrogens (tertiary/aromatic N) is 3. The van der Waals surface area contributed by atoms with Gasteiger partial charge in [0.1, 0.15) is 18.3 Å². The molecule has 1 fully saturated rings. The molecule has 8 nitrogen and oxygen atoms in total. The molecule has 8 heteroatoms. The van der Waals surface area contributed by atoms with Crippen LogP contribution in [0.5, 0.6) is 0 Å². The largest absolute Gasteiger partial charge is 0.388 e. The zero-order chi connectivity index (χ0) is 10.7. The maximum Gasteiger partial charge on any atom is 0.183 e. The Balaban J connectivity index is 2.64. The molecule has 80 valence electrons. The van der Waals surface area contributed by atoms with Gasteiger partial charge in [-0.3, -0.25) is 0 Å². The molecule has 0 aromatic carbocycles. The fourth-order valence-corrected chi connectivity index (χ4v) is 1.20. The molecule has 0 radical (unpaired) electrons. The average molecular weight is 205 g/mol. The van der Waals surface area contributed by atoms with Gasteiger partial charge < -0.3 is 25.2 Å². The van der Waals surface area contributed by atoms with Gasteiger partial charge in [0.25, 0.3) is 0 Å². The molecular formula is C6H11N3O5. The van der Waals surface area contributed by atoms with Crippen LogP contribution in [0.25, 0.3) is 10.4 Å². The third-order valence-electron chi connectivity index (χ3n) is 2.01. The van der Waals surface area contributed by atoms with E-state index in [0.717, 1.165) is 0 Å². The molecule has 4 N–H and O–H groups in total. The lowest BCUT2D eigenvalue weighted by Gasteiger charge is -2.37. The first-order chi connectivity index (χ1) is 6.57. The number of aliphatic hydroxyl groups excluding tert-OH is 4. The molecule has 1 heterocycles. The number of hydrogen-bond donors (Lipinski definition) is 4. The van der Waals surface area contributed by atoms with Crippen LogP contribution >= 0.6 is 0 Å². The van der Waals surface area contributed by atoms with Crippen molar-refractivity contribution in [1.82, 2.24) is 0 Å². The molecule has 5 atom stereocenters. The molecule has 0 spiro atoms. The van der Waals surface area contributed by atoms with Crippen molar-refractivity contribution in [1.29, 1.82) is 0 Å². The summed E-state index contributed by atoms with van der Waals surface area (Å²) in [6, 6.07) is 0. The Bertz CT molecular complexity index is 244. The smallest absolute Gasteiger partial charge is 0.183 e. The SMILES string of the molecule is [N-]=[N+]=NCC1OC(O)C(O)[C@@H](O)[C@H]1O. The van der Waals surface area contributed by atoms with Crippen LogP contribution < -0.4 is 0 Å². The molecule has 1 saturated heterocycles. The van der Waals surface area contributed by atoms with Gasteiger partial charge in [0.15, 0.2) is 6.29 Å². The summed E-state index contributed by atoms with van der Waals surface area (Å²) in [6.07, 6.45) is -7.07. The fraction of sp³-hybridized carbons (Fsp3) is 1.00. The number of ether oxygens (including phenoxy) is 1. The summed E-state index contributed by atoms with van der Waals surface area (Å²) in [5.74, 6) is 0. The molecular weight excluding hydrogens is 194 g/mol. The second kappa shape index (κ2) is 4.56. The van der Waals surface area contributed by atoms with Gasteiger partial charge in [0, 0.05) is 4.91 Å². The molecule has 0 aliphatic carbocycles. The maximum absolute atomic E-state index is 9.32. The van der Waals surface area contributed by atoms with E-state index >= 15 is 0 Å². The highest BCUT2D eigenvalue weighted by Gasteiger charge is 2.42. The molecule has 14 heavy (non-hydrogen) atoms. The minimum absolute atomic E-state index is 0.224. The van der Waals surface area contributed by atoms with Crippen LogP contribution in [0.1, 0.15) is 0 Å². The molecule has 0 bridgehead atoms. The highest BCUT2D eigenvalue weighted by atomic mass is 16.6. The van der Waals surface area contributed by atoms with E-state index in [2.05, 4.69) is 10.0 Å². The van der Waals surface area contributed by atoms with E-state index in [0.29, 0.717) is 0 Å². The number of aliphatic hydroxyl groups is 4. The second-order valence-corrected chi connectivity index (χ2v) is 2.95. The standard InChI is InChI=1S/C6H11N3O5/c7-9-8-1-2-3(10)4(11)5(12)6(13)14-2/h2-6,10-13H,1H2/t2?,3-,4-,5?,6?/m0/s1. The summed E-state index contributed by atoms with van der Waals surface area (Å²) in [5.41, 5.74) is 8.01. The predicted molar refractivity (Wildman–Crippen MR) is 42.9 cm³/mol. The van der Waals surface area contributed by atoms with Crippen molar-refractivity contribution in [3.05, 3.63) is 10.4 Å². The molecule has 1 aliphatic heterocycles. The van der Waals surface area contributed by atoms with Crippen LogP contribution in [0.15, 0.2) is 5.11 Å². The molecule has 1 aliphatic rings. The van der Waals surface area contributed by atoms with Gasteiger partial charge in [-0.15, -0.1) is 0 Å². The summed E-state index contributed by atoms with van der Waals surface area (Å²) < 4.78 is 4.71. The lowest BCUT2D eigenvalue weighted by atomic mass is 9.99. The zero-order valence-corrected chi connectivity index (χ0v) is 7.13. The lowest BCUT2D eigenvalue weighted by molar-refractivity contribution is -0.279. The van der Waals surface area contributed by atoms with Crippen molar-refractivity contribution in [2.45, 2.75) is 30.7 Å². The van der Waals surface area contributed by atoms with Crippen LogP contribution in [0.3, 0.4) is 0 Å². The van der Waals surface area contributed by atoms with Crippen LogP contribution in [0.2, 0.25) is 0 Å². The molecule has 1 rings (SSSR count). The first-order valence-corrected chi connectivity index (χ1v) is 3.96. The molecule has 0 aromatic rings. The van der Waals surface area contributed by atoms with Gasteiger partial charge in [-0.1, -0.05) is 5.11 Å². The van der Waals surface area contributed by atoms with Crippen molar-refractivity contribution < 1.29 is 25.2 Å². The number of hydrogen-bond acceptors (Lipinski definition) is 6.